The van der Waals surface area contributed by atoms with Crippen LogP contribution in [-0.4, -0.2) is 10.9 Å². The van der Waals surface area contributed by atoms with Crippen molar-refractivity contribution in [1.29, 1.82) is 0 Å². The molecule has 0 unspecified atom stereocenters. The number of aryl methyl sites for hydroxylation is 1. The summed E-state index contributed by atoms with van der Waals surface area (Å²) in [7, 11) is 0. The minimum absolute atomic E-state index is 0.00500. The number of anilines is 1. The SMILES string of the molecule is Cc1ccc(C(=O)Nc2cncc(C(F)(F)F)c2)cc1. The zero-order valence-electron chi connectivity index (χ0n) is 10.5. The highest BCUT2D eigenvalue weighted by Crippen LogP contribution is 2.29. The fraction of sp³-hybridized carbons (Fsp3) is 0.143. The van der Waals surface area contributed by atoms with E-state index in [-0.39, 0.29) is 5.69 Å². The van der Waals surface area contributed by atoms with Gasteiger partial charge in [-0.25, -0.2) is 0 Å². The van der Waals surface area contributed by atoms with E-state index in [0.29, 0.717) is 11.8 Å². The Balaban J connectivity index is 2.18. The minimum atomic E-state index is -4.49. The van der Waals surface area contributed by atoms with Gasteiger partial charge >= 0.3 is 6.18 Å². The summed E-state index contributed by atoms with van der Waals surface area (Å²) in [4.78, 5) is 15.3. The lowest BCUT2D eigenvalue weighted by atomic mass is 10.1. The fourth-order valence-corrected chi connectivity index (χ4v) is 1.57. The summed E-state index contributed by atoms with van der Waals surface area (Å²) in [6, 6.07) is 7.55. The lowest BCUT2D eigenvalue weighted by molar-refractivity contribution is -0.137. The number of aromatic nitrogens is 1. The van der Waals surface area contributed by atoms with Crippen molar-refractivity contribution in [2.45, 2.75) is 13.1 Å². The maximum Gasteiger partial charge on any atom is 0.417 e. The molecule has 0 saturated heterocycles. The van der Waals surface area contributed by atoms with Crippen LogP contribution >= 0.6 is 0 Å². The van der Waals surface area contributed by atoms with Crippen molar-refractivity contribution in [1.82, 2.24) is 4.98 Å². The first kappa shape index (κ1) is 14.0. The molecule has 20 heavy (non-hydrogen) atoms. The standard InChI is InChI=1S/C14H11F3N2O/c1-9-2-4-10(5-3-9)13(20)19-12-6-11(7-18-8-12)14(15,16)17/h2-8H,1H3,(H,19,20). The molecule has 0 radical (unpaired) electrons. The zero-order valence-corrected chi connectivity index (χ0v) is 10.5. The van der Waals surface area contributed by atoms with Crippen molar-refractivity contribution in [3.8, 4) is 0 Å². The average molecular weight is 280 g/mol. The number of rotatable bonds is 2. The summed E-state index contributed by atoms with van der Waals surface area (Å²) in [5.74, 6) is -0.480. The van der Waals surface area contributed by atoms with Crippen LogP contribution in [0.4, 0.5) is 18.9 Å². The van der Waals surface area contributed by atoms with Gasteiger partial charge in [0.2, 0.25) is 0 Å². The van der Waals surface area contributed by atoms with Crippen molar-refractivity contribution < 1.29 is 18.0 Å². The van der Waals surface area contributed by atoms with Crippen LogP contribution in [0.3, 0.4) is 0 Å². The molecule has 3 nitrogen and oxygen atoms in total. The molecule has 0 aliphatic carbocycles. The normalized spacial score (nSPS) is 11.2. The van der Waals surface area contributed by atoms with Crippen molar-refractivity contribution in [2.75, 3.05) is 5.32 Å². The molecule has 0 saturated carbocycles. The second-order valence-corrected chi connectivity index (χ2v) is 4.28. The Labute approximate surface area is 113 Å². The Bertz CT molecular complexity index is 621. The van der Waals surface area contributed by atoms with Gasteiger partial charge < -0.3 is 5.32 Å². The fourth-order valence-electron chi connectivity index (χ4n) is 1.57. The van der Waals surface area contributed by atoms with Crippen LogP contribution in [0, 0.1) is 6.92 Å². The van der Waals surface area contributed by atoms with Crippen LogP contribution in [0.5, 0.6) is 0 Å². The maximum atomic E-state index is 12.5. The van der Waals surface area contributed by atoms with Crippen LogP contribution in [0.25, 0.3) is 0 Å². The minimum Gasteiger partial charge on any atom is -0.321 e. The molecule has 1 amide bonds. The van der Waals surface area contributed by atoms with Crippen molar-refractivity contribution in [3.05, 3.63) is 59.4 Å². The Morgan fingerprint density at radius 2 is 1.80 bits per heavy atom. The Kier molecular flexibility index (Phi) is 3.74. The molecular formula is C14H11F3N2O. The molecule has 6 heteroatoms. The number of nitrogens with zero attached hydrogens (tertiary/aromatic N) is 1. The molecule has 0 fully saturated rings. The van der Waals surface area contributed by atoms with E-state index in [1.807, 2.05) is 6.92 Å². The average Bonchev–Trinajstić information content (AvgIpc) is 2.38. The number of hydrogen-bond donors (Lipinski definition) is 1. The van der Waals surface area contributed by atoms with E-state index >= 15 is 0 Å². The van der Waals surface area contributed by atoms with Crippen LogP contribution in [-0.2, 0) is 6.18 Å². The Morgan fingerprint density at radius 3 is 2.40 bits per heavy atom. The third-order valence-electron chi connectivity index (χ3n) is 2.64. The van der Waals surface area contributed by atoms with E-state index in [0.717, 1.165) is 11.6 Å². The number of amides is 1. The van der Waals surface area contributed by atoms with Gasteiger partial charge in [-0.2, -0.15) is 13.2 Å². The quantitative estimate of drug-likeness (QED) is 0.912. The van der Waals surface area contributed by atoms with E-state index in [4.69, 9.17) is 0 Å². The first-order valence-corrected chi connectivity index (χ1v) is 5.76. The molecule has 1 aromatic carbocycles. The molecule has 0 atom stereocenters. The molecule has 2 rings (SSSR count). The third-order valence-corrected chi connectivity index (χ3v) is 2.64. The molecule has 0 aliphatic rings. The van der Waals surface area contributed by atoms with Gasteiger partial charge in [-0.05, 0) is 25.1 Å². The molecular weight excluding hydrogens is 269 g/mol. The second kappa shape index (κ2) is 5.32. The molecule has 104 valence electrons. The van der Waals surface area contributed by atoms with Crippen LogP contribution in [0.2, 0.25) is 0 Å². The predicted molar refractivity (Wildman–Crippen MR) is 68.4 cm³/mol. The molecule has 1 N–H and O–H groups in total. The van der Waals surface area contributed by atoms with Crippen LogP contribution < -0.4 is 5.32 Å². The van der Waals surface area contributed by atoms with E-state index in [1.54, 1.807) is 24.3 Å². The van der Waals surface area contributed by atoms with Crippen molar-refractivity contribution in [2.24, 2.45) is 0 Å². The summed E-state index contributed by atoms with van der Waals surface area (Å²) in [5, 5.41) is 2.39. The number of pyridine rings is 1. The monoisotopic (exact) mass is 280 g/mol. The van der Waals surface area contributed by atoms with Gasteiger partial charge in [0.1, 0.15) is 0 Å². The Hall–Kier alpha value is -2.37. The summed E-state index contributed by atoms with van der Waals surface area (Å²) in [6.07, 6.45) is -2.61. The first-order valence-electron chi connectivity index (χ1n) is 5.76. The van der Waals surface area contributed by atoms with Crippen molar-refractivity contribution in [3.63, 3.8) is 0 Å². The largest absolute Gasteiger partial charge is 0.417 e. The van der Waals surface area contributed by atoms with Gasteiger partial charge in [0.15, 0.2) is 0 Å². The molecule has 2 aromatic rings. The number of halogens is 3. The molecule has 0 bridgehead atoms. The summed E-state index contributed by atoms with van der Waals surface area (Å²) >= 11 is 0. The highest BCUT2D eigenvalue weighted by molar-refractivity contribution is 6.04. The number of carbonyl (C=O) groups excluding carboxylic acids is 1. The molecule has 0 aliphatic heterocycles. The van der Waals surface area contributed by atoms with Gasteiger partial charge in [0.05, 0.1) is 17.4 Å². The van der Waals surface area contributed by atoms with E-state index in [9.17, 15) is 18.0 Å². The maximum absolute atomic E-state index is 12.5. The lowest BCUT2D eigenvalue weighted by Gasteiger charge is -2.09. The van der Waals surface area contributed by atoms with Crippen molar-refractivity contribution >= 4 is 11.6 Å². The number of alkyl halides is 3. The number of nitrogens with one attached hydrogen (secondary N) is 1. The van der Waals surface area contributed by atoms with Crippen LogP contribution in [0.1, 0.15) is 21.5 Å². The van der Waals surface area contributed by atoms with Gasteiger partial charge in [-0.1, -0.05) is 17.7 Å². The van der Waals surface area contributed by atoms with Crippen LogP contribution in [0.15, 0.2) is 42.7 Å². The van der Waals surface area contributed by atoms with Gasteiger partial charge in [-0.3, -0.25) is 9.78 Å². The van der Waals surface area contributed by atoms with E-state index in [2.05, 4.69) is 10.3 Å². The molecule has 1 heterocycles. The zero-order chi connectivity index (χ0) is 14.8. The smallest absolute Gasteiger partial charge is 0.321 e. The topological polar surface area (TPSA) is 42.0 Å². The number of carbonyl (C=O) groups is 1. The molecule has 1 aromatic heterocycles. The van der Waals surface area contributed by atoms with E-state index in [1.165, 1.54) is 6.20 Å². The summed E-state index contributed by atoms with van der Waals surface area (Å²) in [6.45, 7) is 1.87. The van der Waals surface area contributed by atoms with E-state index < -0.39 is 17.6 Å². The third kappa shape index (κ3) is 3.34. The highest BCUT2D eigenvalue weighted by Gasteiger charge is 2.31. The van der Waals surface area contributed by atoms with Gasteiger partial charge in [0.25, 0.3) is 5.91 Å². The second-order valence-electron chi connectivity index (χ2n) is 4.28. The molecule has 0 spiro atoms. The highest BCUT2D eigenvalue weighted by atomic mass is 19.4. The Morgan fingerprint density at radius 1 is 1.15 bits per heavy atom. The predicted octanol–water partition coefficient (Wildman–Crippen LogP) is 3.66. The number of benzene rings is 1. The summed E-state index contributed by atoms with van der Waals surface area (Å²) in [5.41, 5.74) is 0.458. The lowest BCUT2D eigenvalue weighted by Crippen LogP contribution is -2.13. The first-order chi connectivity index (χ1) is 9.36. The van der Waals surface area contributed by atoms with Gasteiger partial charge in [-0.15, -0.1) is 0 Å². The summed E-state index contributed by atoms with van der Waals surface area (Å²) < 4.78 is 37.6. The van der Waals surface area contributed by atoms with Gasteiger partial charge in [0, 0.05) is 11.8 Å². The number of hydrogen-bond acceptors (Lipinski definition) is 2.